The van der Waals surface area contributed by atoms with Gasteiger partial charge in [0.1, 0.15) is 16.4 Å². The summed E-state index contributed by atoms with van der Waals surface area (Å²) in [6, 6.07) is -0.126. The van der Waals surface area contributed by atoms with Crippen LogP contribution in [0.1, 0.15) is 13.8 Å². The normalized spacial score (nSPS) is 11.5. The first-order chi connectivity index (χ1) is 5.37. The summed E-state index contributed by atoms with van der Waals surface area (Å²) in [5.74, 6) is -0.608. The summed E-state index contributed by atoms with van der Waals surface area (Å²) in [6.07, 6.45) is 0.575. The molecule has 7 heteroatoms. The summed E-state index contributed by atoms with van der Waals surface area (Å²) in [4.78, 5) is 11.4. The summed E-state index contributed by atoms with van der Waals surface area (Å²) < 4.78 is 30.9. The molecule has 0 fully saturated rings. The van der Waals surface area contributed by atoms with E-state index in [1.54, 1.807) is 13.8 Å². The van der Waals surface area contributed by atoms with Gasteiger partial charge in [0.2, 0.25) is 0 Å². The minimum atomic E-state index is -4.27. The first-order valence-corrected chi connectivity index (χ1v) is 5.06. The first-order valence-electron chi connectivity index (χ1n) is 3.48. The molecule has 0 aromatic rings. The van der Waals surface area contributed by atoms with Crippen LogP contribution in [0.25, 0.3) is 0 Å². The van der Waals surface area contributed by atoms with Gasteiger partial charge >= 0.3 is 29.6 Å². The van der Waals surface area contributed by atoms with Crippen molar-refractivity contribution in [3.8, 4) is 0 Å². The van der Waals surface area contributed by atoms with Crippen LogP contribution in [0.4, 0.5) is 0 Å². The maximum atomic E-state index is 10.3. The number of rotatable bonds is 5. The molecule has 0 heterocycles. The Bertz CT molecular complexity index is 239. The molecule has 0 aliphatic carbocycles. The maximum absolute atomic E-state index is 10.3. The average Bonchev–Trinajstić information content (AvgIpc) is 1.83. The van der Waals surface area contributed by atoms with Gasteiger partial charge in [-0.15, -0.1) is 0 Å². The third-order valence-corrected chi connectivity index (χ3v) is 2.01. The van der Waals surface area contributed by atoms with Crippen LogP contribution >= 0.6 is 0 Å². The minimum Gasteiger partial charge on any atom is -0.747 e. The molecule has 0 atom stereocenters. The molecule has 0 rings (SSSR count). The molecular formula is C6H12NNaO4S. The fraction of sp³-hybridized carbons (Fsp3) is 0.833. The molecule has 72 valence electrons. The van der Waals surface area contributed by atoms with Gasteiger partial charge in [-0.3, -0.25) is 4.90 Å². The number of hydrogen-bond acceptors (Lipinski definition) is 5. The molecule has 0 bridgehead atoms. The standard InChI is InChI=1S/C6H13NO4S.Na/c1-6(2)7(3-4-8)5-12(9,10)11;/h4,6H,3,5H2,1-2H3,(H,9,10,11);/q;+1/p-1. The predicted octanol–water partition coefficient (Wildman–Crippen LogP) is -3.60. The van der Waals surface area contributed by atoms with E-state index in [2.05, 4.69) is 0 Å². The van der Waals surface area contributed by atoms with Gasteiger partial charge in [-0.2, -0.15) is 0 Å². The van der Waals surface area contributed by atoms with Crippen molar-refractivity contribution in [2.75, 3.05) is 12.4 Å². The number of carbonyl (C=O) groups is 1. The summed E-state index contributed by atoms with van der Waals surface area (Å²) in [7, 11) is -4.27. The van der Waals surface area contributed by atoms with E-state index in [4.69, 9.17) is 0 Å². The van der Waals surface area contributed by atoms with Crippen LogP contribution in [0, 0.1) is 0 Å². The summed E-state index contributed by atoms with van der Waals surface area (Å²) in [5.41, 5.74) is 0. The smallest absolute Gasteiger partial charge is 0.747 e. The number of carbonyl (C=O) groups excluding carboxylic acids is 1. The topological polar surface area (TPSA) is 77.5 Å². The van der Waals surface area contributed by atoms with Gasteiger partial charge in [-0.05, 0) is 13.8 Å². The van der Waals surface area contributed by atoms with Crippen molar-refractivity contribution in [1.82, 2.24) is 4.90 Å². The largest absolute Gasteiger partial charge is 1.00 e. The fourth-order valence-corrected chi connectivity index (χ4v) is 1.52. The second-order valence-electron chi connectivity index (χ2n) is 2.72. The Labute approximate surface area is 101 Å². The summed E-state index contributed by atoms with van der Waals surface area (Å²) in [6.45, 7) is 3.41. The van der Waals surface area contributed by atoms with E-state index in [-0.39, 0.29) is 42.1 Å². The van der Waals surface area contributed by atoms with E-state index >= 15 is 0 Å². The van der Waals surface area contributed by atoms with Gasteiger partial charge in [0, 0.05) is 6.04 Å². The molecule has 0 aromatic heterocycles. The maximum Gasteiger partial charge on any atom is 1.00 e. The fourth-order valence-electron chi connectivity index (χ4n) is 0.711. The van der Waals surface area contributed by atoms with Gasteiger partial charge in [-0.25, -0.2) is 8.42 Å². The van der Waals surface area contributed by atoms with Crippen LogP contribution in [0.2, 0.25) is 0 Å². The molecule has 0 spiro atoms. The van der Waals surface area contributed by atoms with E-state index in [1.165, 1.54) is 4.90 Å². The van der Waals surface area contributed by atoms with E-state index in [1.807, 2.05) is 0 Å². The molecule has 0 aromatic carbocycles. The van der Waals surface area contributed by atoms with Gasteiger partial charge < -0.3 is 9.35 Å². The van der Waals surface area contributed by atoms with Crippen LogP contribution in [0.15, 0.2) is 0 Å². The predicted molar refractivity (Wildman–Crippen MR) is 42.5 cm³/mol. The number of aldehydes is 1. The van der Waals surface area contributed by atoms with Crippen molar-refractivity contribution in [3.05, 3.63) is 0 Å². The number of hydrogen-bond donors (Lipinski definition) is 0. The van der Waals surface area contributed by atoms with Crippen molar-refractivity contribution in [2.24, 2.45) is 0 Å². The van der Waals surface area contributed by atoms with Crippen LogP contribution in [-0.2, 0) is 14.9 Å². The van der Waals surface area contributed by atoms with E-state index < -0.39 is 16.0 Å². The zero-order valence-electron chi connectivity index (χ0n) is 8.06. The Morgan fingerprint density at radius 2 is 1.92 bits per heavy atom. The van der Waals surface area contributed by atoms with Gasteiger partial charge in [0.15, 0.2) is 0 Å². The third-order valence-electron chi connectivity index (χ3n) is 1.36. The second-order valence-corrected chi connectivity index (χ2v) is 4.09. The van der Waals surface area contributed by atoms with E-state index in [0.29, 0.717) is 6.29 Å². The van der Waals surface area contributed by atoms with Gasteiger partial charge in [0.25, 0.3) is 0 Å². The monoisotopic (exact) mass is 217 g/mol. The third kappa shape index (κ3) is 8.86. The van der Waals surface area contributed by atoms with Crippen molar-refractivity contribution < 1.29 is 47.3 Å². The summed E-state index contributed by atoms with van der Waals surface area (Å²) >= 11 is 0. The molecule has 0 amide bonds. The zero-order valence-corrected chi connectivity index (χ0v) is 10.9. The molecule has 0 unspecified atom stereocenters. The van der Waals surface area contributed by atoms with Crippen LogP contribution < -0.4 is 29.6 Å². The van der Waals surface area contributed by atoms with E-state index in [9.17, 15) is 17.8 Å². The zero-order chi connectivity index (χ0) is 9.78. The van der Waals surface area contributed by atoms with Crippen molar-refractivity contribution in [3.63, 3.8) is 0 Å². The van der Waals surface area contributed by atoms with Crippen LogP contribution in [-0.4, -0.2) is 42.6 Å². The van der Waals surface area contributed by atoms with Crippen LogP contribution in [0.3, 0.4) is 0 Å². The Balaban J connectivity index is 0. The molecule has 0 N–H and O–H groups in total. The molecule has 5 nitrogen and oxygen atoms in total. The molecule has 0 saturated heterocycles. The Hall–Kier alpha value is 0.540. The molecular weight excluding hydrogens is 205 g/mol. The second kappa shape index (κ2) is 6.92. The van der Waals surface area contributed by atoms with Gasteiger partial charge in [-0.1, -0.05) is 0 Å². The quantitative estimate of drug-likeness (QED) is 0.270. The van der Waals surface area contributed by atoms with E-state index in [0.717, 1.165) is 0 Å². The molecule has 0 radical (unpaired) electrons. The minimum absolute atomic E-state index is 0. The Morgan fingerprint density at radius 1 is 1.46 bits per heavy atom. The molecule has 0 aliphatic heterocycles. The van der Waals surface area contributed by atoms with Crippen molar-refractivity contribution in [1.29, 1.82) is 0 Å². The number of nitrogens with zero attached hydrogens (tertiary/aromatic N) is 1. The van der Waals surface area contributed by atoms with Crippen LogP contribution in [0.5, 0.6) is 0 Å². The van der Waals surface area contributed by atoms with Crippen molar-refractivity contribution >= 4 is 16.4 Å². The van der Waals surface area contributed by atoms with Crippen molar-refractivity contribution in [2.45, 2.75) is 19.9 Å². The Kier molecular flexibility index (Phi) is 8.50. The SMILES string of the molecule is CC(C)N(CC=O)CS(=O)(=O)[O-].[Na+]. The van der Waals surface area contributed by atoms with Gasteiger partial charge in [0.05, 0.1) is 12.4 Å². The summed E-state index contributed by atoms with van der Waals surface area (Å²) in [5, 5.41) is 0. The average molecular weight is 217 g/mol. The molecule has 0 saturated carbocycles. The first kappa shape index (κ1) is 16.0. The Morgan fingerprint density at radius 3 is 2.15 bits per heavy atom. The molecule has 0 aliphatic rings. The molecule has 13 heavy (non-hydrogen) atoms.